The summed E-state index contributed by atoms with van der Waals surface area (Å²) in [5, 5.41) is 4.73. The Morgan fingerprint density at radius 2 is 2.24 bits per heavy atom. The largest absolute Gasteiger partial charge is 0.497 e. The Morgan fingerprint density at radius 3 is 2.86 bits per heavy atom. The SMILES string of the molecule is CCCNC(Cc1cc(OC)ccc1Br)c1cnc(C)s1. The first-order valence-electron chi connectivity index (χ1n) is 7.12. The molecule has 3 nitrogen and oxygen atoms in total. The van der Waals surface area contributed by atoms with E-state index in [1.165, 1.54) is 10.4 Å². The van der Waals surface area contributed by atoms with Crippen molar-refractivity contribution < 1.29 is 4.74 Å². The van der Waals surface area contributed by atoms with Gasteiger partial charge in [-0.2, -0.15) is 0 Å². The molecule has 1 unspecified atom stereocenters. The number of aromatic nitrogens is 1. The summed E-state index contributed by atoms with van der Waals surface area (Å²) >= 11 is 5.40. The third kappa shape index (κ3) is 4.53. The predicted octanol–water partition coefficient (Wildman–Crippen LogP) is 4.51. The lowest BCUT2D eigenvalue weighted by molar-refractivity contribution is 0.413. The van der Waals surface area contributed by atoms with Crippen molar-refractivity contribution in [2.45, 2.75) is 32.7 Å². The van der Waals surface area contributed by atoms with Crippen LogP contribution in [0.5, 0.6) is 5.75 Å². The molecule has 0 radical (unpaired) electrons. The number of nitrogens with zero attached hydrogens (tertiary/aromatic N) is 1. The molecule has 5 heteroatoms. The molecule has 0 bridgehead atoms. The highest BCUT2D eigenvalue weighted by Gasteiger charge is 2.16. The van der Waals surface area contributed by atoms with Gasteiger partial charge in [-0.25, -0.2) is 4.98 Å². The van der Waals surface area contributed by atoms with Crippen LogP contribution < -0.4 is 10.1 Å². The van der Waals surface area contributed by atoms with Gasteiger partial charge in [0.05, 0.1) is 12.1 Å². The summed E-state index contributed by atoms with van der Waals surface area (Å²) in [7, 11) is 1.70. The molecule has 0 aliphatic carbocycles. The second-order valence-corrected chi connectivity index (χ2v) is 7.07. The zero-order chi connectivity index (χ0) is 15.2. The van der Waals surface area contributed by atoms with Gasteiger partial charge in [0.25, 0.3) is 0 Å². The minimum atomic E-state index is 0.291. The van der Waals surface area contributed by atoms with Gasteiger partial charge in [-0.3, -0.25) is 0 Å². The molecule has 0 spiro atoms. The van der Waals surface area contributed by atoms with Gasteiger partial charge in [0.1, 0.15) is 5.75 Å². The third-order valence-electron chi connectivity index (χ3n) is 3.30. The fourth-order valence-corrected chi connectivity index (χ4v) is 3.45. The monoisotopic (exact) mass is 368 g/mol. The van der Waals surface area contributed by atoms with Crippen LogP contribution in [0.15, 0.2) is 28.9 Å². The number of hydrogen-bond donors (Lipinski definition) is 1. The Balaban J connectivity index is 2.22. The first-order valence-corrected chi connectivity index (χ1v) is 8.73. The number of aryl methyl sites for hydroxylation is 1. The first-order chi connectivity index (χ1) is 10.1. The van der Waals surface area contributed by atoms with Crippen LogP contribution >= 0.6 is 27.3 Å². The Morgan fingerprint density at radius 1 is 1.43 bits per heavy atom. The van der Waals surface area contributed by atoms with Crippen LogP contribution in [-0.4, -0.2) is 18.6 Å². The van der Waals surface area contributed by atoms with E-state index in [9.17, 15) is 0 Å². The Hall–Kier alpha value is -0.910. The zero-order valence-corrected chi connectivity index (χ0v) is 15.1. The zero-order valence-electron chi connectivity index (χ0n) is 12.6. The normalized spacial score (nSPS) is 12.4. The minimum absolute atomic E-state index is 0.291. The lowest BCUT2D eigenvalue weighted by atomic mass is 10.0. The molecule has 2 aromatic rings. The quantitative estimate of drug-likeness (QED) is 0.780. The maximum atomic E-state index is 5.33. The molecule has 0 aliphatic rings. The molecule has 1 atom stereocenters. The highest BCUT2D eigenvalue weighted by Crippen LogP contribution is 2.29. The molecule has 0 aliphatic heterocycles. The van der Waals surface area contributed by atoms with E-state index in [1.807, 2.05) is 25.3 Å². The van der Waals surface area contributed by atoms with Gasteiger partial charge in [-0.05, 0) is 50.1 Å². The number of ether oxygens (including phenoxy) is 1. The van der Waals surface area contributed by atoms with Gasteiger partial charge in [-0.15, -0.1) is 11.3 Å². The van der Waals surface area contributed by atoms with Crippen LogP contribution in [0.4, 0.5) is 0 Å². The Kier molecular flexibility index (Phi) is 6.21. The number of thiazole rings is 1. The molecule has 0 fully saturated rings. The number of nitrogens with one attached hydrogen (secondary N) is 1. The third-order valence-corrected chi connectivity index (χ3v) is 5.10. The van der Waals surface area contributed by atoms with Crippen LogP contribution in [0.1, 0.15) is 34.8 Å². The number of hydrogen-bond acceptors (Lipinski definition) is 4. The lowest BCUT2D eigenvalue weighted by Gasteiger charge is -2.18. The van der Waals surface area contributed by atoms with Crippen LogP contribution in [0.3, 0.4) is 0 Å². The number of halogens is 1. The molecule has 1 aromatic heterocycles. The van der Waals surface area contributed by atoms with Crippen LogP contribution in [-0.2, 0) is 6.42 Å². The van der Waals surface area contributed by atoms with E-state index in [4.69, 9.17) is 4.74 Å². The Labute approximate surface area is 138 Å². The van der Waals surface area contributed by atoms with E-state index < -0.39 is 0 Å². The van der Waals surface area contributed by atoms with Crippen molar-refractivity contribution >= 4 is 27.3 Å². The summed E-state index contributed by atoms with van der Waals surface area (Å²) in [6.45, 7) is 5.24. The summed E-state index contributed by atoms with van der Waals surface area (Å²) in [5.74, 6) is 0.892. The Bertz CT molecular complexity index is 585. The molecule has 1 N–H and O–H groups in total. The van der Waals surface area contributed by atoms with E-state index in [0.717, 1.165) is 34.6 Å². The van der Waals surface area contributed by atoms with Gasteiger partial charge >= 0.3 is 0 Å². The second kappa shape index (κ2) is 7.92. The molecular weight excluding hydrogens is 348 g/mol. The molecule has 0 saturated heterocycles. The highest BCUT2D eigenvalue weighted by atomic mass is 79.9. The van der Waals surface area contributed by atoms with Crippen molar-refractivity contribution in [3.8, 4) is 5.75 Å². The summed E-state index contributed by atoms with van der Waals surface area (Å²) in [6.07, 6.45) is 4.02. The molecule has 0 amide bonds. The molecule has 114 valence electrons. The van der Waals surface area contributed by atoms with Gasteiger partial charge in [0, 0.05) is 21.6 Å². The highest BCUT2D eigenvalue weighted by molar-refractivity contribution is 9.10. The molecule has 0 saturated carbocycles. The summed E-state index contributed by atoms with van der Waals surface area (Å²) in [4.78, 5) is 5.67. The standard InChI is InChI=1S/C16H21BrN2OS/c1-4-7-18-15(16-10-19-11(2)21-16)9-12-8-13(20-3)5-6-14(12)17/h5-6,8,10,15,18H,4,7,9H2,1-3H3. The summed E-state index contributed by atoms with van der Waals surface area (Å²) in [6, 6.07) is 6.40. The van der Waals surface area contributed by atoms with Crippen molar-refractivity contribution in [2.24, 2.45) is 0 Å². The fourth-order valence-electron chi connectivity index (χ4n) is 2.19. The van der Waals surface area contributed by atoms with Crippen molar-refractivity contribution in [2.75, 3.05) is 13.7 Å². The van der Waals surface area contributed by atoms with Crippen LogP contribution in [0.2, 0.25) is 0 Å². The van der Waals surface area contributed by atoms with E-state index >= 15 is 0 Å². The number of methoxy groups -OCH3 is 1. The molecular formula is C16H21BrN2OS. The van der Waals surface area contributed by atoms with E-state index in [-0.39, 0.29) is 0 Å². The number of benzene rings is 1. The van der Waals surface area contributed by atoms with Gasteiger partial charge in [-0.1, -0.05) is 22.9 Å². The van der Waals surface area contributed by atoms with Gasteiger partial charge < -0.3 is 10.1 Å². The van der Waals surface area contributed by atoms with E-state index in [1.54, 1.807) is 18.4 Å². The molecule has 21 heavy (non-hydrogen) atoms. The topological polar surface area (TPSA) is 34.1 Å². The van der Waals surface area contributed by atoms with E-state index in [2.05, 4.69) is 39.2 Å². The smallest absolute Gasteiger partial charge is 0.119 e. The average Bonchev–Trinajstić information content (AvgIpc) is 2.91. The minimum Gasteiger partial charge on any atom is -0.497 e. The van der Waals surface area contributed by atoms with Crippen molar-refractivity contribution in [1.82, 2.24) is 10.3 Å². The number of rotatable bonds is 7. The van der Waals surface area contributed by atoms with Crippen molar-refractivity contribution in [1.29, 1.82) is 0 Å². The fraction of sp³-hybridized carbons (Fsp3) is 0.438. The molecule has 1 aromatic carbocycles. The second-order valence-electron chi connectivity index (χ2n) is 4.95. The maximum Gasteiger partial charge on any atom is 0.119 e. The first kappa shape index (κ1) is 16.5. The predicted molar refractivity (Wildman–Crippen MR) is 92.3 cm³/mol. The lowest BCUT2D eigenvalue weighted by Crippen LogP contribution is -2.23. The average molecular weight is 369 g/mol. The van der Waals surface area contributed by atoms with Crippen molar-refractivity contribution in [3.05, 3.63) is 44.3 Å². The van der Waals surface area contributed by atoms with Gasteiger partial charge in [0.2, 0.25) is 0 Å². The van der Waals surface area contributed by atoms with Gasteiger partial charge in [0.15, 0.2) is 0 Å². The van der Waals surface area contributed by atoms with Crippen LogP contribution in [0.25, 0.3) is 0 Å². The summed E-state index contributed by atoms with van der Waals surface area (Å²) in [5.41, 5.74) is 1.24. The van der Waals surface area contributed by atoms with Crippen molar-refractivity contribution in [3.63, 3.8) is 0 Å². The molecule has 1 heterocycles. The maximum absolute atomic E-state index is 5.33. The van der Waals surface area contributed by atoms with Crippen LogP contribution in [0, 0.1) is 6.92 Å². The van der Waals surface area contributed by atoms with E-state index in [0.29, 0.717) is 6.04 Å². The summed E-state index contributed by atoms with van der Waals surface area (Å²) < 4.78 is 6.45. The molecule has 2 rings (SSSR count).